The van der Waals surface area contributed by atoms with E-state index in [1.807, 2.05) is 0 Å². The predicted molar refractivity (Wildman–Crippen MR) is 299 cm³/mol. The number of nitrogens with one attached hydrogen (secondary N) is 1. The van der Waals surface area contributed by atoms with Crippen LogP contribution in [0.15, 0.2) is 109 Å². The molecule has 2 atom stereocenters. The van der Waals surface area contributed by atoms with Crippen LogP contribution in [0.25, 0.3) is 0 Å². The number of hydrogen-bond donors (Lipinski definition) is 3. The standard InChI is InChI=1S/C63H109NO3/c1-3-5-7-9-11-13-15-17-19-21-23-25-26-27-28-29-30-31-32-33-34-35-36-37-38-39-41-43-45-47-49-51-53-55-57-59-63(67)64-61(60-65)62(66)58-56-54-52-50-48-46-44-42-40-24-22-20-18-16-14-12-10-8-6-4-2/h5,7,11,13,17,19,23,25,27-28,30-31,33-34,36-37,39,41,61-62,65-66H,3-4,6,8-10,12,14-16,18,20-22,24,26,29,32,35,38,40,42-60H2,1-2H3,(H,64,67)/b7-5-,13-11-,19-17-,25-23-,28-27-,31-30-,34-33-,37-36-,41-39-. The number of allylic oxidation sites excluding steroid dienone is 18. The molecule has 0 aliphatic heterocycles. The monoisotopic (exact) mass is 928 g/mol. The van der Waals surface area contributed by atoms with Crippen molar-refractivity contribution in [2.24, 2.45) is 0 Å². The maximum atomic E-state index is 12.5. The molecule has 4 heteroatoms. The molecule has 0 aromatic carbocycles. The molecule has 0 bridgehead atoms. The van der Waals surface area contributed by atoms with Gasteiger partial charge in [-0.25, -0.2) is 0 Å². The van der Waals surface area contributed by atoms with Gasteiger partial charge in [-0.2, -0.15) is 0 Å². The Morgan fingerprint density at radius 3 is 0.985 bits per heavy atom. The van der Waals surface area contributed by atoms with Crippen LogP contribution in [-0.2, 0) is 4.79 Å². The Hall–Kier alpha value is -2.95. The number of aliphatic hydroxyl groups excluding tert-OH is 2. The zero-order valence-corrected chi connectivity index (χ0v) is 44.1. The van der Waals surface area contributed by atoms with Crippen LogP contribution in [-0.4, -0.2) is 34.9 Å². The van der Waals surface area contributed by atoms with Crippen molar-refractivity contribution >= 4 is 5.91 Å². The highest BCUT2D eigenvalue weighted by Gasteiger charge is 2.20. The summed E-state index contributed by atoms with van der Waals surface area (Å²) in [6, 6.07) is -0.551. The summed E-state index contributed by atoms with van der Waals surface area (Å²) < 4.78 is 0. The summed E-state index contributed by atoms with van der Waals surface area (Å²) in [7, 11) is 0. The lowest BCUT2D eigenvalue weighted by atomic mass is 10.0. The highest BCUT2D eigenvalue weighted by Crippen LogP contribution is 2.16. The number of aliphatic hydroxyl groups is 2. The molecule has 0 saturated heterocycles. The Kier molecular flexibility index (Phi) is 54.8. The van der Waals surface area contributed by atoms with E-state index in [9.17, 15) is 15.0 Å². The second-order valence-corrected chi connectivity index (χ2v) is 19.0. The zero-order valence-electron chi connectivity index (χ0n) is 44.1. The smallest absolute Gasteiger partial charge is 0.220 e. The fourth-order valence-electron chi connectivity index (χ4n) is 8.24. The van der Waals surface area contributed by atoms with E-state index in [4.69, 9.17) is 0 Å². The molecule has 0 fully saturated rings. The summed E-state index contributed by atoms with van der Waals surface area (Å²) in [5, 5.41) is 23.3. The van der Waals surface area contributed by atoms with E-state index in [0.29, 0.717) is 12.8 Å². The average molecular weight is 929 g/mol. The minimum atomic E-state index is -0.672. The van der Waals surface area contributed by atoms with Crippen molar-refractivity contribution in [3.8, 4) is 0 Å². The lowest BCUT2D eigenvalue weighted by Crippen LogP contribution is -2.45. The van der Waals surface area contributed by atoms with Gasteiger partial charge in [-0.15, -0.1) is 0 Å². The molecule has 0 radical (unpaired) electrons. The van der Waals surface area contributed by atoms with Gasteiger partial charge in [0.2, 0.25) is 5.91 Å². The van der Waals surface area contributed by atoms with E-state index >= 15 is 0 Å². The van der Waals surface area contributed by atoms with Gasteiger partial charge in [-0.3, -0.25) is 4.79 Å². The summed E-state index contributed by atoms with van der Waals surface area (Å²) in [6.45, 7) is 4.25. The molecule has 67 heavy (non-hydrogen) atoms. The molecule has 0 saturated carbocycles. The van der Waals surface area contributed by atoms with E-state index in [0.717, 1.165) is 96.3 Å². The van der Waals surface area contributed by atoms with Crippen molar-refractivity contribution in [2.45, 2.75) is 276 Å². The van der Waals surface area contributed by atoms with E-state index in [1.165, 1.54) is 141 Å². The number of hydrogen-bond acceptors (Lipinski definition) is 3. The Balaban J connectivity index is 3.59. The molecule has 4 nitrogen and oxygen atoms in total. The van der Waals surface area contributed by atoms with Gasteiger partial charge in [-0.1, -0.05) is 284 Å². The molecule has 0 rings (SSSR count). The molecule has 2 unspecified atom stereocenters. The Morgan fingerprint density at radius 1 is 0.373 bits per heavy atom. The van der Waals surface area contributed by atoms with Crippen LogP contribution in [0.5, 0.6) is 0 Å². The maximum Gasteiger partial charge on any atom is 0.220 e. The highest BCUT2D eigenvalue weighted by atomic mass is 16.3. The summed E-state index contributed by atoms with van der Waals surface area (Å²) in [5.41, 5.74) is 0. The number of rotatable bonds is 51. The molecule has 0 aliphatic carbocycles. The van der Waals surface area contributed by atoms with Gasteiger partial charge in [0.05, 0.1) is 18.8 Å². The fourth-order valence-corrected chi connectivity index (χ4v) is 8.24. The normalized spacial score (nSPS) is 13.7. The van der Waals surface area contributed by atoms with Crippen molar-refractivity contribution in [1.29, 1.82) is 0 Å². The third-order valence-corrected chi connectivity index (χ3v) is 12.5. The Labute approximate surface area is 416 Å². The van der Waals surface area contributed by atoms with Crippen LogP contribution in [0.4, 0.5) is 0 Å². The topological polar surface area (TPSA) is 69.6 Å². The number of carbonyl (C=O) groups is 1. The first kappa shape index (κ1) is 64.0. The highest BCUT2D eigenvalue weighted by molar-refractivity contribution is 5.76. The van der Waals surface area contributed by atoms with Gasteiger partial charge in [0.25, 0.3) is 0 Å². The average Bonchev–Trinajstić information content (AvgIpc) is 3.33. The number of unbranched alkanes of at least 4 members (excludes halogenated alkanes) is 26. The third-order valence-electron chi connectivity index (χ3n) is 12.5. The molecule has 1 amide bonds. The van der Waals surface area contributed by atoms with Gasteiger partial charge < -0.3 is 15.5 Å². The largest absolute Gasteiger partial charge is 0.394 e. The van der Waals surface area contributed by atoms with Crippen molar-refractivity contribution < 1.29 is 15.0 Å². The Morgan fingerprint density at radius 2 is 0.657 bits per heavy atom. The van der Waals surface area contributed by atoms with E-state index in [-0.39, 0.29) is 12.5 Å². The lowest BCUT2D eigenvalue weighted by Gasteiger charge is -2.22. The fraction of sp³-hybridized carbons (Fsp3) is 0.698. The van der Waals surface area contributed by atoms with E-state index in [2.05, 4.69) is 129 Å². The van der Waals surface area contributed by atoms with Crippen molar-refractivity contribution in [2.75, 3.05) is 6.61 Å². The van der Waals surface area contributed by atoms with Gasteiger partial charge in [0.1, 0.15) is 0 Å². The molecule has 0 heterocycles. The molecule has 384 valence electrons. The van der Waals surface area contributed by atoms with Crippen LogP contribution >= 0.6 is 0 Å². The van der Waals surface area contributed by atoms with Crippen LogP contribution in [0.1, 0.15) is 264 Å². The second-order valence-electron chi connectivity index (χ2n) is 19.0. The van der Waals surface area contributed by atoms with Crippen LogP contribution in [0.3, 0.4) is 0 Å². The second kappa shape index (κ2) is 57.4. The van der Waals surface area contributed by atoms with Crippen molar-refractivity contribution in [3.05, 3.63) is 109 Å². The quantitative estimate of drug-likeness (QED) is 0.0420. The zero-order chi connectivity index (χ0) is 48.5. The first-order valence-electron chi connectivity index (χ1n) is 28.6. The number of carbonyl (C=O) groups excluding carboxylic acids is 1. The summed E-state index contributed by atoms with van der Waals surface area (Å²) in [5.74, 6) is -0.0449. The molecule has 0 aromatic rings. The molecular weight excluding hydrogens is 819 g/mol. The van der Waals surface area contributed by atoms with Gasteiger partial charge >= 0.3 is 0 Å². The maximum absolute atomic E-state index is 12.5. The summed E-state index contributed by atoms with van der Waals surface area (Å²) in [6.07, 6.45) is 86.4. The molecule has 0 aliphatic rings. The summed E-state index contributed by atoms with van der Waals surface area (Å²) >= 11 is 0. The van der Waals surface area contributed by atoms with E-state index in [1.54, 1.807) is 0 Å². The minimum Gasteiger partial charge on any atom is -0.394 e. The SMILES string of the molecule is CC/C=C\C/C=C\C/C=C\C/C=C\C/C=C\C/C=C\C/C=C\C/C=C\C/C=C\CCCCCCCCCC(=O)NC(CO)C(O)CCCCCCCCCCCCCCCCCCCCCC. The first-order valence-corrected chi connectivity index (χ1v) is 28.6. The number of amides is 1. The lowest BCUT2D eigenvalue weighted by molar-refractivity contribution is -0.123. The van der Waals surface area contributed by atoms with Gasteiger partial charge in [-0.05, 0) is 83.5 Å². The Bertz CT molecular complexity index is 1280. The minimum absolute atomic E-state index is 0.0449. The third kappa shape index (κ3) is 53.9. The molecule has 0 spiro atoms. The van der Waals surface area contributed by atoms with Crippen LogP contribution < -0.4 is 5.32 Å². The molecular formula is C63H109NO3. The van der Waals surface area contributed by atoms with Crippen molar-refractivity contribution in [1.82, 2.24) is 5.32 Å². The first-order chi connectivity index (χ1) is 33.2. The van der Waals surface area contributed by atoms with E-state index < -0.39 is 12.1 Å². The van der Waals surface area contributed by atoms with Gasteiger partial charge in [0, 0.05) is 6.42 Å². The van der Waals surface area contributed by atoms with Crippen LogP contribution in [0, 0.1) is 0 Å². The molecule has 3 N–H and O–H groups in total. The van der Waals surface area contributed by atoms with Crippen LogP contribution in [0.2, 0.25) is 0 Å². The molecule has 0 aromatic heterocycles. The predicted octanol–water partition coefficient (Wildman–Crippen LogP) is 19.1. The van der Waals surface area contributed by atoms with Crippen molar-refractivity contribution in [3.63, 3.8) is 0 Å². The van der Waals surface area contributed by atoms with Gasteiger partial charge in [0.15, 0.2) is 0 Å². The summed E-state index contributed by atoms with van der Waals surface area (Å²) in [4.78, 5) is 12.5.